The second-order valence-corrected chi connectivity index (χ2v) is 5.49. The molecule has 2 rings (SSSR count). The lowest BCUT2D eigenvalue weighted by Crippen LogP contribution is -2.42. The first-order valence-corrected chi connectivity index (χ1v) is 6.59. The van der Waals surface area contributed by atoms with Crippen molar-refractivity contribution >= 4 is 11.8 Å². The Labute approximate surface area is 85.0 Å². The quantitative estimate of drug-likeness (QED) is 0.707. The zero-order valence-electron chi connectivity index (χ0n) is 8.17. The summed E-state index contributed by atoms with van der Waals surface area (Å²) in [4.78, 5) is 0. The Morgan fingerprint density at radius 3 is 2.38 bits per heavy atom. The standard InChI is InChI=1S/C10H20N2S/c11-8-1-3-9(4-2-8)12-10-5-6-13-7-10/h8-10,12H,1-7,11H2. The molecule has 1 saturated carbocycles. The van der Waals surface area contributed by atoms with Gasteiger partial charge in [-0.3, -0.25) is 0 Å². The number of rotatable bonds is 2. The molecule has 76 valence electrons. The van der Waals surface area contributed by atoms with E-state index in [1.54, 1.807) is 0 Å². The van der Waals surface area contributed by atoms with Crippen molar-refractivity contribution < 1.29 is 0 Å². The molecule has 1 aliphatic heterocycles. The molecule has 0 spiro atoms. The van der Waals surface area contributed by atoms with Crippen molar-refractivity contribution in [2.24, 2.45) is 5.73 Å². The molecule has 2 fully saturated rings. The van der Waals surface area contributed by atoms with Crippen molar-refractivity contribution in [2.75, 3.05) is 11.5 Å². The average Bonchev–Trinajstić information content (AvgIpc) is 2.62. The Hall–Kier alpha value is 0.270. The van der Waals surface area contributed by atoms with Crippen LogP contribution in [-0.4, -0.2) is 29.6 Å². The molecule has 13 heavy (non-hydrogen) atoms. The summed E-state index contributed by atoms with van der Waals surface area (Å²) in [6.07, 6.45) is 6.40. The van der Waals surface area contributed by atoms with Gasteiger partial charge < -0.3 is 11.1 Å². The molecule has 0 bridgehead atoms. The molecular formula is C10H20N2S. The van der Waals surface area contributed by atoms with Gasteiger partial charge in [-0.05, 0) is 37.9 Å². The summed E-state index contributed by atoms with van der Waals surface area (Å²) in [5, 5.41) is 3.76. The van der Waals surface area contributed by atoms with E-state index in [2.05, 4.69) is 17.1 Å². The van der Waals surface area contributed by atoms with Crippen molar-refractivity contribution in [1.29, 1.82) is 0 Å². The zero-order valence-corrected chi connectivity index (χ0v) is 8.98. The fourth-order valence-corrected chi connectivity index (χ4v) is 3.45. The number of thioether (sulfide) groups is 1. The van der Waals surface area contributed by atoms with Gasteiger partial charge in [0, 0.05) is 23.9 Å². The minimum absolute atomic E-state index is 0.482. The number of hydrogen-bond acceptors (Lipinski definition) is 3. The predicted octanol–water partition coefficient (Wildman–Crippen LogP) is 1.35. The molecule has 1 atom stereocenters. The van der Waals surface area contributed by atoms with E-state index < -0.39 is 0 Å². The van der Waals surface area contributed by atoms with Crippen LogP contribution in [0.4, 0.5) is 0 Å². The second kappa shape index (κ2) is 4.67. The Bertz CT molecular complexity index is 149. The molecule has 0 amide bonds. The molecule has 1 saturated heterocycles. The Morgan fingerprint density at radius 1 is 1.00 bits per heavy atom. The molecule has 0 aromatic carbocycles. The van der Waals surface area contributed by atoms with Crippen LogP contribution in [0.25, 0.3) is 0 Å². The van der Waals surface area contributed by atoms with Crippen LogP contribution in [0.15, 0.2) is 0 Å². The highest BCUT2D eigenvalue weighted by atomic mass is 32.2. The lowest BCUT2D eigenvalue weighted by molar-refractivity contribution is 0.322. The van der Waals surface area contributed by atoms with Crippen molar-refractivity contribution in [3.63, 3.8) is 0 Å². The molecular weight excluding hydrogens is 180 g/mol. The third-order valence-corrected chi connectivity index (χ3v) is 4.34. The van der Waals surface area contributed by atoms with Gasteiger partial charge in [-0.25, -0.2) is 0 Å². The maximum absolute atomic E-state index is 5.87. The third-order valence-electron chi connectivity index (χ3n) is 3.17. The molecule has 0 aromatic rings. The van der Waals surface area contributed by atoms with Crippen LogP contribution in [0.1, 0.15) is 32.1 Å². The number of nitrogens with two attached hydrogens (primary N) is 1. The van der Waals surface area contributed by atoms with Crippen LogP contribution in [0.3, 0.4) is 0 Å². The van der Waals surface area contributed by atoms with Crippen LogP contribution < -0.4 is 11.1 Å². The summed E-state index contributed by atoms with van der Waals surface area (Å²) in [5.41, 5.74) is 5.87. The molecule has 1 unspecified atom stereocenters. The summed E-state index contributed by atoms with van der Waals surface area (Å²) in [5.74, 6) is 2.67. The summed E-state index contributed by atoms with van der Waals surface area (Å²) in [6, 6.07) is 2.05. The number of hydrogen-bond donors (Lipinski definition) is 2. The molecule has 0 radical (unpaired) electrons. The fourth-order valence-electron chi connectivity index (χ4n) is 2.29. The average molecular weight is 200 g/mol. The lowest BCUT2D eigenvalue weighted by atomic mass is 9.91. The van der Waals surface area contributed by atoms with E-state index in [4.69, 9.17) is 5.73 Å². The van der Waals surface area contributed by atoms with E-state index in [1.807, 2.05) is 0 Å². The maximum Gasteiger partial charge on any atom is 0.0168 e. The van der Waals surface area contributed by atoms with Gasteiger partial charge in [0.1, 0.15) is 0 Å². The van der Waals surface area contributed by atoms with Gasteiger partial charge in [-0.1, -0.05) is 0 Å². The molecule has 1 heterocycles. The Balaban J connectivity index is 1.69. The van der Waals surface area contributed by atoms with Crippen molar-refractivity contribution in [3.8, 4) is 0 Å². The summed E-state index contributed by atoms with van der Waals surface area (Å²) < 4.78 is 0. The van der Waals surface area contributed by atoms with E-state index in [0.717, 1.165) is 12.1 Å². The molecule has 3 N–H and O–H groups in total. The highest BCUT2D eigenvalue weighted by Gasteiger charge is 2.22. The van der Waals surface area contributed by atoms with Crippen LogP contribution in [0, 0.1) is 0 Å². The first-order valence-electron chi connectivity index (χ1n) is 5.44. The summed E-state index contributed by atoms with van der Waals surface area (Å²) >= 11 is 2.08. The molecule has 2 nitrogen and oxygen atoms in total. The minimum atomic E-state index is 0.482. The van der Waals surface area contributed by atoms with E-state index in [1.165, 1.54) is 43.6 Å². The van der Waals surface area contributed by atoms with E-state index in [9.17, 15) is 0 Å². The highest BCUT2D eigenvalue weighted by Crippen LogP contribution is 2.22. The van der Waals surface area contributed by atoms with Crippen LogP contribution in [0.5, 0.6) is 0 Å². The molecule has 1 aliphatic carbocycles. The number of nitrogens with one attached hydrogen (secondary N) is 1. The summed E-state index contributed by atoms with van der Waals surface area (Å²) in [7, 11) is 0. The topological polar surface area (TPSA) is 38.0 Å². The maximum atomic E-state index is 5.87. The van der Waals surface area contributed by atoms with Crippen LogP contribution in [-0.2, 0) is 0 Å². The van der Waals surface area contributed by atoms with Gasteiger partial charge in [-0.2, -0.15) is 11.8 Å². The van der Waals surface area contributed by atoms with E-state index in [0.29, 0.717) is 6.04 Å². The van der Waals surface area contributed by atoms with Crippen LogP contribution >= 0.6 is 11.8 Å². The van der Waals surface area contributed by atoms with Gasteiger partial charge in [0.05, 0.1) is 0 Å². The second-order valence-electron chi connectivity index (χ2n) is 4.34. The van der Waals surface area contributed by atoms with Gasteiger partial charge in [0.15, 0.2) is 0 Å². The van der Waals surface area contributed by atoms with E-state index >= 15 is 0 Å². The monoisotopic (exact) mass is 200 g/mol. The molecule has 0 aromatic heterocycles. The van der Waals surface area contributed by atoms with E-state index in [-0.39, 0.29) is 0 Å². The van der Waals surface area contributed by atoms with Crippen LogP contribution in [0.2, 0.25) is 0 Å². The van der Waals surface area contributed by atoms with Gasteiger partial charge in [0.25, 0.3) is 0 Å². The van der Waals surface area contributed by atoms with Gasteiger partial charge >= 0.3 is 0 Å². The fraction of sp³-hybridized carbons (Fsp3) is 1.00. The Kier molecular flexibility index (Phi) is 3.52. The lowest BCUT2D eigenvalue weighted by Gasteiger charge is -2.29. The first kappa shape index (κ1) is 9.81. The van der Waals surface area contributed by atoms with Gasteiger partial charge in [-0.15, -0.1) is 0 Å². The molecule has 3 heteroatoms. The smallest absolute Gasteiger partial charge is 0.0168 e. The zero-order chi connectivity index (χ0) is 9.10. The van der Waals surface area contributed by atoms with Gasteiger partial charge in [0.2, 0.25) is 0 Å². The minimum Gasteiger partial charge on any atom is -0.328 e. The Morgan fingerprint density at radius 2 is 1.77 bits per heavy atom. The predicted molar refractivity (Wildman–Crippen MR) is 59.1 cm³/mol. The van der Waals surface area contributed by atoms with Crippen molar-refractivity contribution in [2.45, 2.75) is 50.2 Å². The van der Waals surface area contributed by atoms with Crippen molar-refractivity contribution in [1.82, 2.24) is 5.32 Å². The van der Waals surface area contributed by atoms with Crippen molar-refractivity contribution in [3.05, 3.63) is 0 Å². The summed E-state index contributed by atoms with van der Waals surface area (Å²) in [6.45, 7) is 0. The SMILES string of the molecule is NC1CCC(NC2CCSC2)CC1. The highest BCUT2D eigenvalue weighted by molar-refractivity contribution is 7.99. The first-order chi connectivity index (χ1) is 6.34. The third kappa shape index (κ3) is 2.86. The largest absolute Gasteiger partial charge is 0.328 e. The molecule has 2 aliphatic rings. The normalized spacial score (nSPS) is 40.8.